The predicted molar refractivity (Wildman–Crippen MR) is 144 cm³/mol. The zero-order valence-electron chi connectivity index (χ0n) is 22.6. The number of carbonyl (C=O) groups is 5. The van der Waals surface area contributed by atoms with Crippen LogP contribution in [0.4, 0.5) is 0 Å². The Morgan fingerprint density at radius 2 is 1.79 bits per heavy atom. The molecule has 4 amide bonds. The lowest BCUT2D eigenvalue weighted by Crippen LogP contribution is -2.64. The summed E-state index contributed by atoms with van der Waals surface area (Å²) in [6.45, 7) is 5.51. The molecule has 2 aliphatic rings. The number of hydrogen-bond donors (Lipinski definition) is 4. The number of amides is 4. The Kier molecular flexibility index (Phi) is 8.57. The fourth-order valence-corrected chi connectivity index (χ4v) is 5.45. The van der Waals surface area contributed by atoms with Crippen LogP contribution in [0, 0.1) is 5.92 Å². The van der Waals surface area contributed by atoms with Crippen LogP contribution in [0.2, 0.25) is 0 Å². The van der Waals surface area contributed by atoms with Crippen molar-refractivity contribution in [2.45, 2.75) is 83.6 Å². The number of aliphatic carboxylic acids is 1. The molecule has 0 saturated carbocycles. The van der Waals surface area contributed by atoms with Crippen molar-refractivity contribution < 1.29 is 29.1 Å². The van der Waals surface area contributed by atoms with E-state index in [0.29, 0.717) is 30.5 Å². The van der Waals surface area contributed by atoms with Crippen LogP contribution in [-0.4, -0.2) is 74.9 Å². The molecule has 2 fully saturated rings. The van der Waals surface area contributed by atoms with Gasteiger partial charge in [-0.1, -0.05) is 38.5 Å². The van der Waals surface area contributed by atoms with Crippen LogP contribution in [-0.2, 0) is 36.9 Å². The minimum absolute atomic E-state index is 0.0686. The molecule has 0 radical (unpaired) electrons. The van der Waals surface area contributed by atoms with E-state index in [9.17, 15) is 29.1 Å². The summed E-state index contributed by atoms with van der Waals surface area (Å²) >= 11 is 0. The monoisotopic (exact) mass is 539 g/mol. The van der Waals surface area contributed by atoms with E-state index in [-0.39, 0.29) is 30.7 Å². The van der Waals surface area contributed by atoms with Crippen molar-refractivity contribution in [3.8, 4) is 0 Å². The summed E-state index contributed by atoms with van der Waals surface area (Å²) in [6.07, 6.45) is 4.42. The van der Waals surface area contributed by atoms with Crippen molar-refractivity contribution >= 4 is 40.5 Å². The average molecular weight is 540 g/mol. The number of carbonyl (C=O) groups excluding carboxylic acids is 4. The maximum Gasteiger partial charge on any atom is 0.323 e. The molecule has 5 atom stereocenters. The van der Waals surface area contributed by atoms with E-state index in [1.807, 2.05) is 26.0 Å². The van der Waals surface area contributed by atoms with Gasteiger partial charge in [0.25, 0.3) is 0 Å². The second kappa shape index (κ2) is 11.9. The third-order valence-electron chi connectivity index (χ3n) is 7.85. The smallest absolute Gasteiger partial charge is 0.323 e. The van der Waals surface area contributed by atoms with Gasteiger partial charge in [-0.25, -0.2) is 0 Å². The quantitative estimate of drug-likeness (QED) is 0.433. The number of fused-ring (bicyclic) bond motifs is 2. The second-order valence-corrected chi connectivity index (χ2v) is 10.6. The van der Waals surface area contributed by atoms with Crippen LogP contribution >= 0.6 is 0 Å². The topological polar surface area (TPSA) is 150 Å². The number of hydrogen-bond acceptors (Lipinski definition) is 5. The lowest BCUT2D eigenvalue weighted by Gasteiger charge is -2.39. The molecule has 4 rings (SSSR count). The first kappa shape index (κ1) is 28.1. The number of piperidine rings is 1. The van der Waals surface area contributed by atoms with Gasteiger partial charge < -0.3 is 30.5 Å². The molecule has 4 N–H and O–H groups in total. The highest BCUT2D eigenvalue weighted by molar-refractivity contribution is 5.98. The van der Waals surface area contributed by atoms with E-state index < -0.39 is 42.0 Å². The van der Waals surface area contributed by atoms with Gasteiger partial charge in [-0.2, -0.15) is 0 Å². The van der Waals surface area contributed by atoms with E-state index in [4.69, 9.17) is 0 Å². The number of carboxylic acid groups (broad SMARTS) is 1. The van der Waals surface area contributed by atoms with Crippen LogP contribution in [0.5, 0.6) is 0 Å². The van der Waals surface area contributed by atoms with Crippen LogP contribution < -0.4 is 16.0 Å². The molecule has 0 bridgehead atoms. The highest BCUT2D eigenvalue weighted by atomic mass is 16.4. The summed E-state index contributed by atoms with van der Waals surface area (Å²) < 4.78 is 1.59. The Morgan fingerprint density at radius 3 is 2.51 bits per heavy atom. The van der Waals surface area contributed by atoms with Crippen LogP contribution in [0.1, 0.15) is 52.0 Å². The predicted octanol–water partition coefficient (Wildman–Crippen LogP) is 1.18. The maximum absolute atomic E-state index is 13.8. The SMILES string of the molecule is CCC(C)[C@@H]1NC(=O)C(Cc2cn(CC(=O)O)c3ccccc23)NC(=O)[C@H](C)NC(=O)[C@H]2CCCCN2C1=O. The molecule has 0 spiro atoms. The Morgan fingerprint density at radius 1 is 1.05 bits per heavy atom. The summed E-state index contributed by atoms with van der Waals surface area (Å²) in [6, 6.07) is 3.72. The third kappa shape index (κ3) is 6.07. The molecule has 1 aromatic carbocycles. The molecule has 2 saturated heterocycles. The summed E-state index contributed by atoms with van der Waals surface area (Å²) in [7, 11) is 0. The number of para-hydroxylation sites is 1. The number of benzene rings is 1. The van der Waals surface area contributed by atoms with Crippen molar-refractivity contribution in [1.82, 2.24) is 25.4 Å². The minimum atomic E-state index is -1.06. The molecule has 11 nitrogen and oxygen atoms in total. The molecule has 2 unspecified atom stereocenters. The fraction of sp³-hybridized carbons (Fsp3) is 0.536. The molecule has 0 aliphatic carbocycles. The number of rotatable bonds is 6. The van der Waals surface area contributed by atoms with Gasteiger partial charge in [0, 0.05) is 30.1 Å². The van der Waals surface area contributed by atoms with Gasteiger partial charge in [-0.05, 0) is 43.7 Å². The van der Waals surface area contributed by atoms with E-state index in [1.54, 1.807) is 34.7 Å². The van der Waals surface area contributed by atoms with E-state index in [2.05, 4.69) is 16.0 Å². The largest absolute Gasteiger partial charge is 0.480 e. The van der Waals surface area contributed by atoms with E-state index >= 15 is 0 Å². The Hall–Kier alpha value is -3.89. The Labute approximate surface area is 227 Å². The highest BCUT2D eigenvalue weighted by Crippen LogP contribution is 2.24. The van der Waals surface area contributed by atoms with Crippen molar-refractivity contribution in [1.29, 1.82) is 0 Å². The van der Waals surface area contributed by atoms with Gasteiger partial charge in [0.1, 0.15) is 30.7 Å². The Bertz CT molecular complexity index is 1270. The van der Waals surface area contributed by atoms with Gasteiger partial charge in [0.05, 0.1) is 0 Å². The first-order chi connectivity index (χ1) is 18.6. The van der Waals surface area contributed by atoms with Crippen LogP contribution in [0.15, 0.2) is 30.5 Å². The second-order valence-electron chi connectivity index (χ2n) is 10.6. The molecular weight excluding hydrogens is 502 g/mol. The minimum Gasteiger partial charge on any atom is -0.480 e. The molecule has 1 aromatic heterocycles. The molecule has 11 heteroatoms. The maximum atomic E-state index is 13.8. The Balaban J connectivity index is 1.71. The van der Waals surface area contributed by atoms with Gasteiger partial charge >= 0.3 is 5.97 Å². The van der Waals surface area contributed by atoms with Crippen molar-refractivity contribution in [2.24, 2.45) is 5.92 Å². The summed E-state index contributed by atoms with van der Waals surface area (Å²) in [4.78, 5) is 66.8. The third-order valence-corrected chi connectivity index (χ3v) is 7.85. The summed E-state index contributed by atoms with van der Waals surface area (Å²) in [5.41, 5.74) is 1.37. The van der Waals surface area contributed by atoms with Crippen molar-refractivity contribution in [3.05, 3.63) is 36.0 Å². The van der Waals surface area contributed by atoms with E-state index in [1.165, 1.54) is 0 Å². The number of nitrogens with one attached hydrogen (secondary N) is 3. The first-order valence-electron chi connectivity index (χ1n) is 13.6. The first-order valence-corrected chi connectivity index (χ1v) is 13.6. The van der Waals surface area contributed by atoms with Crippen LogP contribution in [0.25, 0.3) is 10.9 Å². The lowest BCUT2D eigenvalue weighted by molar-refractivity contribution is -0.147. The highest BCUT2D eigenvalue weighted by Gasteiger charge is 2.40. The zero-order valence-corrected chi connectivity index (χ0v) is 22.6. The van der Waals surface area contributed by atoms with Gasteiger partial charge in [0.15, 0.2) is 0 Å². The van der Waals surface area contributed by atoms with Gasteiger partial charge in [-0.15, -0.1) is 0 Å². The number of aromatic nitrogens is 1. The standard InChI is InChI=1S/C28H37N5O6/c1-4-16(2)24-28(39)33-12-8-7-11-22(33)27(38)29-17(3)25(36)30-20(26(37)31-24)13-18-14-32(15-23(34)35)21-10-6-5-9-19(18)21/h5-6,9-10,14,16-17,20,22,24H,4,7-8,11-13,15H2,1-3H3,(H,29,38)(H,30,36)(H,31,37)(H,34,35)/t16?,17-,20?,22+,24-/m0/s1. The van der Waals surface area contributed by atoms with Gasteiger partial charge in [0.2, 0.25) is 23.6 Å². The zero-order chi connectivity index (χ0) is 28.3. The molecule has 2 aliphatic heterocycles. The molecule has 2 aromatic rings. The van der Waals surface area contributed by atoms with E-state index in [0.717, 1.165) is 18.2 Å². The molecule has 210 valence electrons. The van der Waals surface area contributed by atoms with Gasteiger partial charge in [-0.3, -0.25) is 24.0 Å². The molecular formula is C28H37N5O6. The number of nitrogens with zero attached hydrogens (tertiary/aromatic N) is 2. The molecule has 3 heterocycles. The van der Waals surface area contributed by atoms with Crippen LogP contribution in [0.3, 0.4) is 0 Å². The average Bonchev–Trinajstić information content (AvgIpc) is 3.26. The normalized spacial score (nSPS) is 25.6. The summed E-state index contributed by atoms with van der Waals surface area (Å²) in [5.74, 6) is -2.92. The number of carboxylic acids is 1. The fourth-order valence-electron chi connectivity index (χ4n) is 5.45. The summed E-state index contributed by atoms with van der Waals surface area (Å²) in [5, 5.41) is 18.5. The lowest BCUT2D eigenvalue weighted by atomic mass is 9.93. The van der Waals surface area contributed by atoms with Crippen molar-refractivity contribution in [2.75, 3.05) is 6.54 Å². The van der Waals surface area contributed by atoms with Crippen molar-refractivity contribution in [3.63, 3.8) is 0 Å². The molecule has 39 heavy (non-hydrogen) atoms.